The van der Waals surface area contributed by atoms with E-state index >= 15 is 0 Å². The topological polar surface area (TPSA) is 55.4 Å². The first-order valence-electron chi connectivity index (χ1n) is 8.42. The smallest absolute Gasteiger partial charge is 0.310 e. The number of allylic oxidation sites excluding steroid dienone is 2. The first-order chi connectivity index (χ1) is 12.2. The second-order valence-corrected chi connectivity index (χ2v) is 6.09. The highest BCUT2D eigenvalue weighted by Crippen LogP contribution is 2.30. The molecule has 4 heteroatoms. The summed E-state index contributed by atoms with van der Waals surface area (Å²) in [5.74, 6) is -1.38. The van der Waals surface area contributed by atoms with Gasteiger partial charge in [0.15, 0.2) is 0 Å². The van der Waals surface area contributed by atoms with Gasteiger partial charge in [-0.3, -0.25) is 9.59 Å². The number of hydrogen-bond acceptors (Lipinski definition) is 3. The van der Waals surface area contributed by atoms with Crippen molar-refractivity contribution >= 4 is 28.3 Å². The van der Waals surface area contributed by atoms with Gasteiger partial charge in [-0.1, -0.05) is 61.2 Å². The molecule has 0 spiro atoms. The number of esters is 1. The largest absolute Gasteiger partial charge is 0.461 e. The van der Waals surface area contributed by atoms with E-state index in [-0.39, 0.29) is 18.5 Å². The summed E-state index contributed by atoms with van der Waals surface area (Å²) in [7, 11) is 0. The van der Waals surface area contributed by atoms with E-state index in [0.29, 0.717) is 12.8 Å². The molecule has 0 saturated carbocycles. The van der Waals surface area contributed by atoms with E-state index in [9.17, 15) is 9.59 Å². The van der Waals surface area contributed by atoms with Crippen LogP contribution in [0, 0.1) is 11.8 Å². The van der Waals surface area contributed by atoms with Crippen LogP contribution >= 0.6 is 0 Å². The van der Waals surface area contributed by atoms with Gasteiger partial charge < -0.3 is 10.1 Å². The van der Waals surface area contributed by atoms with Crippen molar-refractivity contribution in [3.63, 3.8) is 0 Å². The van der Waals surface area contributed by atoms with E-state index in [0.717, 1.165) is 16.5 Å². The average molecular weight is 335 g/mol. The lowest BCUT2D eigenvalue weighted by Gasteiger charge is -2.26. The standard InChI is InChI=1S/C21H21NO3/c1-2-14-25-21(24)18-12-6-5-11-17(18)20(23)22-19-13-7-9-15-8-3-4-10-16(15)19/h2-10,13,17-18H,1,11-12,14H2,(H,22,23)/t17-,18-/m1/s1. The van der Waals surface area contributed by atoms with Gasteiger partial charge in [0.1, 0.15) is 6.61 Å². The molecule has 0 aliphatic heterocycles. The quantitative estimate of drug-likeness (QED) is 0.661. The summed E-state index contributed by atoms with van der Waals surface area (Å²) in [6.07, 6.45) is 6.46. The second-order valence-electron chi connectivity index (χ2n) is 6.09. The van der Waals surface area contributed by atoms with Crippen molar-refractivity contribution in [1.29, 1.82) is 0 Å². The van der Waals surface area contributed by atoms with Crippen LogP contribution in [0.4, 0.5) is 5.69 Å². The van der Waals surface area contributed by atoms with Gasteiger partial charge in [0.25, 0.3) is 0 Å². The number of hydrogen-bond donors (Lipinski definition) is 1. The van der Waals surface area contributed by atoms with Crippen LogP contribution in [0.3, 0.4) is 0 Å². The fourth-order valence-corrected chi connectivity index (χ4v) is 3.17. The maximum atomic E-state index is 12.8. The average Bonchev–Trinajstić information content (AvgIpc) is 2.66. The Morgan fingerprint density at radius 1 is 1.08 bits per heavy atom. The minimum absolute atomic E-state index is 0.152. The summed E-state index contributed by atoms with van der Waals surface area (Å²) in [6.45, 7) is 3.71. The van der Waals surface area contributed by atoms with Gasteiger partial charge in [0.2, 0.25) is 5.91 Å². The number of carbonyl (C=O) groups excluding carboxylic acids is 2. The Morgan fingerprint density at radius 3 is 2.60 bits per heavy atom. The summed E-state index contributed by atoms with van der Waals surface area (Å²) < 4.78 is 5.16. The molecule has 0 aromatic heterocycles. The lowest BCUT2D eigenvalue weighted by molar-refractivity contribution is -0.151. The van der Waals surface area contributed by atoms with E-state index in [1.54, 1.807) is 0 Å². The molecule has 2 aromatic carbocycles. The van der Waals surface area contributed by atoms with Crippen LogP contribution in [0.15, 0.2) is 67.3 Å². The first kappa shape index (κ1) is 17.0. The van der Waals surface area contributed by atoms with Crippen LogP contribution in [-0.2, 0) is 14.3 Å². The molecule has 128 valence electrons. The Labute approximate surface area is 147 Å². The SMILES string of the molecule is C=CCOC(=O)[C@@H]1CC=CC[C@H]1C(=O)Nc1cccc2ccccc12. The molecule has 1 aliphatic carbocycles. The van der Waals surface area contributed by atoms with Crippen molar-refractivity contribution in [2.45, 2.75) is 12.8 Å². The molecule has 2 atom stereocenters. The number of nitrogens with one attached hydrogen (secondary N) is 1. The Kier molecular flexibility index (Phi) is 5.29. The third-order valence-electron chi connectivity index (χ3n) is 4.46. The van der Waals surface area contributed by atoms with Gasteiger partial charge in [-0.15, -0.1) is 0 Å². The van der Waals surface area contributed by atoms with E-state index in [4.69, 9.17) is 4.74 Å². The van der Waals surface area contributed by atoms with E-state index < -0.39 is 11.8 Å². The fourth-order valence-electron chi connectivity index (χ4n) is 3.17. The van der Waals surface area contributed by atoms with Crippen LogP contribution in [0.1, 0.15) is 12.8 Å². The van der Waals surface area contributed by atoms with Crippen molar-refractivity contribution in [2.75, 3.05) is 11.9 Å². The predicted molar refractivity (Wildman–Crippen MR) is 99.1 cm³/mol. The van der Waals surface area contributed by atoms with Crippen LogP contribution in [0.25, 0.3) is 10.8 Å². The van der Waals surface area contributed by atoms with Crippen molar-refractivity contribution < 1.29 is 14.3 Å². The summed E-state index contributed by atoms with van der Waals surface area (Å²) in [4.78, 5) is 25.1. The maximum Gasteiger partial charge on any atom is 0.310 e. The van der Waals surface area contributed by atoms with Crippen molar-refractivity contribution in [1.82, 2.24) is 0 Å². The molecule has 0 fully saturated rings. The Hall–Kier alpha value is -2.88. The number of rotatable bonds is 5. The summed E-state index contributed by atoms with van der Waals surface area (Å²) in [6, 6.07) is 13.7. The molecule has 0 heterocycles. The minimum atomic E-state index is -0.458. The number of carbonyl (C=O) groups is 2. The van der Waals surface area contributed by atoms with Gasteiger partial charge in [-0.25, -0.2) is 0 Å². The molecule has 0 saturated heterocycles. The highest BCUT2D eigenvalue weighted by Gasteiger charge is 2.35. The highest BCUT2D eigenvalue weighted by atomic mass is 16.5. The molecule has 0 unspecified atom stereocenters. The summed E-state index contributed by atoms with van der Waals surface area (Å²) in [5, 5.41) is 5.04. The number of fused-ring (bicyclic) bond motifs is 1. The Bertz CT molecular complexity index is 820. The van der Waals surface area contributed by atoms with Gasteiger partial charge >= 0.3 is 5.97 Å². The molecule has 1 amide bonds. The van der Waals surface area contributed by atoms with E-state index in [1.807, 2.05) is 54.6 Å². The Balaban J connectivity index is 1.79. The second kappa shape index (κ2) is 7.79. The maximum absolute atomic E-state index is 12.8. The normalized spacial score (nSPS) is 19.4. The zero-order chi connectivity index (χ0) is 17.6. The lowest BCUT2D eigenvalue weighted by atomic mass is 9.82. The zero-order valence-electron chi connectivity index (χ0n) is 14.0. The number of benzene rings is 2. The summed E-state index contributed by atoms with van der Waals surface area (Å²) in [5.41, 5.74) is 0.760. The number of ether oxygens (including phenoxy) is 1. The van der Waals surface area contributed by atoms with Gasteiger partial charge in [-0.05, 0) is 24.3 Å². The van der Waals surface area contributed by atoms with E-state index in [1.165, 1.54) is 6.08 Å². The molecule has 2 aromatic rings. The molecule has 4 nitrogen and oxygen atoms in total. The molecule has 3 rings (SSSR count). The molecule has 1 N–H and O–H groups in total. The van der Waals surface area contributed by atoms with Crippen LogP contribution < -0.4 is 5.32 Å². The van der Waals surface area contributed by atoms with Crippen molar-refractivity contribution in [2.24, 2.45) is 11.8 Å². The van der Waals surface area contributed by atoms with Gasteiger partial charge in [-0.2, -0.15) is 0 Å². The predicted octanol–water partition coefficient (Wildman–Crippen LogP) is 4.09. The van der Waals surface area contributed by atoms with Crippen LogP contribution in [-0.4, -0.2) is 18.5 Å². The van der Waals surface area contributed by atoms with Crippen LogP contribution in [0.2, 0.25) is 0 Å². The van der Waals surface area contributed by atoms with Gasteiger partial charge in [0.05, 0.1) is 11.8 Å². The highest BCUT2D eigenvalue weighted by molar-refractivity contribution is 6.03. The molecule has 1 aliphatic rings. The van der Waals surface area contributed by atoms with Crippen LogP contribution in [0.5, 0.6) is 0 Å². The third kappa shape index (κ3) is 3.79. The zero-order valence-corrected chi connectivity index (χ0v) is 14.0. The lowest BCUT2D eigenvalue weighted by Crippen LogP contribution is -2.35. The number of amides is 1. The monoisotopic (exact) mass is 335 g/mol. The molecule has 0 bridgehead atoms. The summed E-state index contributed by atoms with van der Waals surface area (Å²) >= 11 is 0. The fraction of sp³-hybridized carbons (Fsp3) is 0.238. The minimum Gasteiger partial charge on any atom is -0.461 e. The number of anilines is 1. The van der Waals surface area contributed by atoms with Crippen molar-refractivity contribution in [3.8, 4) is 0 Å². The first-order valence-corrected chi connectivity index (χ1v) is 8.42. The van der Waals surface area contributed by atoms with Crippen molar-refractivity contribution in [3.05, 3.63) is 67.3 Å². The molecule has 0 radical (unpaired) electrons. The molecule has 25 heavy (non-hydrogen) atoms. The Morgan fingerprint density at radius 2 is 1.80 bits per heavy atom. The molecular formula is C21H21NO3. The third-order valence-corrected chi connectivity index (χ3v) is 4.46. The van der Waals surface area contributed by atoms with Gasteiger partial charge in [0, 0.05) is 11.1 Å². The molecular weight excluding hydrogens is 314 g/mol. The van der Waals surface area contributed by atoms with E-state index in [2.05, 4.69) is 11.9 Å².